The maximum absolute atomic E-state index is 12.4. The zero-order valence-electron chi connectivity index (χ0n) is 9.37. The number of benzene rings is 1. The van der Waals surface area contributed by atoms with Crippen molar-refractivity contribution in [3.63, 3.8) is 0 Å². The van der Waals surface area contributed by atoms with Crippen LogP contribution in [0.4, 0.5) is 0 Å². The Morgan fingerprint density at radius 1 is 1.29 bits per heavy atom. The quantitative estimate of drug-likeness (QED) is 0.861. The summed E-state index contributed by atoms with van der Waals surface area (Å²) in [5.41, 5.74) is 1.70. The summed E-state index contributed by atoms with van der Waals surface area (Å²) in [5.74, 6) is 0.141. The number of amides is 1. The maximum atomic E-state index is 12.4. The van der Waals surface area contributed by atoms with E-state index in [1.807, 2.05) is 29.3 Å². The van der Waals surface area contributed by atoms with Gasteiger partial charge in [-0.05, 0) is 34.8 Å². The Labute approximate surface area is 108 Å². The third-order valence-electron chi connectivity index (χ3n) is 3.29. The lowest BCUT2D eigenvalue weighted by molar-refractivity contribution is 0.0794. The molecule has 0 atom stereocenters. The van der Waals surface area contributed by atoms with E-state index in [4.69, 9.17) is 0 Å². The topological polar surface area (TPSA) is 36.1 Å². The monoisotopic (exact) mass is 292 g/mol. The van der Waals surface area contributed by atoms with Gasteiger partial charge in [0.25, 0.3) is 5.91 Å². The fraction of sp³-hybridized carbons (Fsp3) is 0.308. The molecule has 0 radical (unpaired) electrons. The van der Waals surface area contributed by atoms with Gasteiger partial charge in [-0.2, -0.15) is 0 Å². The number of nitrogens with zero attached hydrogens (tertiary/aromatic N) is 1. The molecule has 3 rings (SSSR count). The van der Waals surface area contributed by atoms with Gasteiger partial charge >= 0.3 is 0 Å². The van der Waals surface area contributed by atoms with Gasteiger partial charge in [-0.3, -0.25) is 4.79 Å². The number of hydrogen-bond acceptors (Lipinski definition) is 1. The minimum absolute atomic E-state index is 0.141. The Morgan fingerprint density at radius 3 is 2.82 bits per heavy atom. The zero-order chi connectivity index (χ0) is 11.8. The first-order valence-corrected chi connectivity index (χ1v) is 6.61. The van der Waals surface area contributed by atoms with E-state index >= 15 is 0 Å². The van der Waals surface area contributed by atoms with Crippen molar-refractivity contribution in [2.75, 3.05) is 13.1 Å². The van der Waals surface area contributed by atoms with Gasteiger partial charge in [0, 0.05) is 29.1 Å². The van der Waals surface area contributed by atoms with Crippen LogP contribution < -0.4 is 0 Å². The first-order chi connectivity index (χ1) is 8.27. The normalized spacial score (nSPS) is 15.7. The van der Waals surface area contributed by atoms with Gasteiger partial charge in [-0.25, -0.2) is 0 Å². The molecule has 2 heterocycles. The molecule has 1 N–H and O–H groups in total. The molecule has 3 nitrogen and oxygen atoms in total. The predicted molar refractivity (Wildman–Crippen MR) is 71.1 cm³/mol. The Balaban J connectivity index is 2.07. The van der Waals surface area contributed by atoms with E-state index in [1.54, 1.807) is 0 Å². The van der Waals surface area contributed by atoms with Crippen molar-refractivity contribution in [3.8, 4) is 0 Å². The number of para-hydroxylation sites is 1. The van der Waals surface area contributed by atoms with Crippen molar-refractivity contribution in [3.05, 3.63) is 34.4 Å². The molecule has 2 aromatic rings. The summed E-state index contributed by atoms with van der Waals surface area (Å²) in [5, 5.41) is 1.06. The average molecular weight is 293 g/mol. The lowest BCUT2D eigenvalue weighted by Gasteiger charge is -2.15. The summed E-state index contributed by atoms with van der Waals surface area (Å²) in [4.78, 5) is 17.5. The van der Waals surface area contributed by atoms with Crippen LogP contribution >= 0.6 is 15.9 Å². The third kappa shape index (κ3) is 1.76. The van der Waals surface area contributed by atoms with Gasteiger partial charge in [0.05, 0.1) is 11.1 Å². The summed E-state index contributed by atoms with van der Waals surface area (Å²) < 4.78 is 1.00. The Morgan fingerprint density at radius 2 is 2.06 bits per heavy atom. The number of aromatic nitrogens is 1. The second kappa shape index (κ2) is 4.18. The minimum atomic E-state index is 0.141. The summed E-state index contributed by atoms with van der Waals surface area (Å²) >= 11 is 3.48. The lowest BCUT2D eigenvalue weighted by Crippen LogP contribution is -2.27. The second-order valence-electron chi connectivity index (χ2n) is 4.36. The summed E-state index contributed by atoms with van der Waals surface area (Å²) in [6, 6.07) is 5.84. The molecule has 0 bridgehead atoms. The summed E-state index contributed by atoms with van der Waals surface area (Å²) in [6.07, 6.45) is 4.12. The molecular weight excluding hydrogens is 280 g/mol. The molecule has 1 aromatic carbocycles. The Kier molecular flexibility index (Phi) is 2.67. The minimum Gasteiger partial charge on any atom is -0.359 e. The number of hydrogen-bond donors (Lipinski definition) is 1. The number of carbonyl (C=O) groups excluding carboxylic acids is 1. The molecule has 0 unspecified atom stereocenters. The van der Waals surface area contributed by atoms with E-state index in [0.29, 0.717) is 0 Å². The van der Waals surface area contributed by atoms with Gasteiger partial charge in [0.1, 0.15) is 0 Å². The third-order valence-corrected chi connectivity index (χ3v) is 3.94. The van der Waals surface area contributed by atoms with E-state index in [-0.39, 0.29) is 5.91 Å². The Bertz CT molecular complexity index is 570. The van der Waals surface area contributed by atoms with Gasteiger partial charge in [-0.15, -0.1) is 0 Å². The smallest absolute Gasteiger partial charge is 0.255 e. The fourth-order valence-corrected chi connectivity index (χ4v) is 2.83. The highest BCUT2D eigenvalue weighted by atomic mass is 79.9. The van der Waals surface area contributed by atoms with E-state index in [1.165, 1.54) is 0 Å². The molecule has 4 heteroatoms. The molecule has 1 aliphatic rings. The standard InChI is InChI=1S/C13H13BrN2O/c14-11-8-15-12-9(11)4-3-5-10(12)13(17)16-6-1-2-7-16/h3-5,8,15H,1-2,6-7H2. The highest BCUT2D eigenvalue weighted by Gasteiger charge is 2.21. The van der Waals surface area contributed by atoms with Crippen molar-refractivity contribution in [2.24, 2.45) is 0 Å². The van der Waals surface area contributed by atoms with Crippen LogP contribution in [-0.2, 0) is 0 Å². The van der Waals surface area contributed by atoms with E-state index in [2.05, 4.69) is 20.9 Å². The molecule has 1 aromatic heterocycles. The van der Waals surface area contributed by atoms with Crippen LogP contribution in [0.2, 0.25) is 0 Å². The Hall–Kier alpha value is -1.29. The molecule has 0 saturated carbocycles. The van der Waals surface area contributed by atoms with Crippen LogP contribution in [0, 0.1) is 0 Å². The van der Waals surface area contributed by atoms with Crippen LogP contribution in [0.15, 0.2) is 28.9 Å². The number of carbonyl (C=O) groups is 1. The van der Waals surface area contributed by atoms with Gasteiger partial charge in [0.15, 0.2) is 0 Å². The largest absolute Gasteiger partial charge is 0.359 e. The number of H-pyrrole nitrogens is 1. The first-order valence-electron chi connectivity index (χ1n) is 5.82. The number of nitrogens with one attached hydrogen (secondary N) is 1. The number of aromatic amines is 1. The molecule has 1 fully saturated rings. The molecule has 0 aliphatic carbocycles. The van der Waals surface area contributed by atoms with E-state index in [9.17, 15) is 4.79 Å². The van der Waals surface area contributed by atoms with Gasteiger partial charge in [0.2, 0.25) is 0 Å². The number of halogens is 1. The van der Waals surface area contributed by atoms with Crippen LogP contribution in [0.1, 0.15) is 23.2 Å². The average Bonchev–Trinajstić information content (AvgIpc) is 2.98. The summed E-state index contributed by atoms with van der Waals surface area (Å²) in [6.45, 7) is 1.77. The molecule has 1 amide bonds. The molecule has 1 aliphatic heterocycles. The highest BCUT2D eigenvalue weighted by Crippen LogP contribution is 2.27. The second-order valence-corrected chi connectivity index (χ2v) is 5.22. The van der Waals surface area contributed by atoms with E-state index in [0.717, 1.165) is 46.9 Å². The predicted octanol–water partition coefficient (Wildman–Crippen LogP) is 3.17. The first kappa shape index (κ1) is 10.8. The molecule has 88 valence electrons. The highest BCUT2D eigenvalue weighted by molar-refractivity contribution is 9.10. The summed E-state index contributed by atoms with van der Waals surface area (Å²) in [7, 11) is 0. The molecular formula is C13H13BrN2O. The number of rotatable bonds is 1. The SMILES string of the molecule is O=C(c1cccc2c(Br)c[nH]c12)N1CCCC1. The number of fused-ring (bicyclic) bond motifs is 1. The lowest BCUT2D eigenvalue weighted by atomic mass is 10.1. The molecule has 0 spiro atoms. The molecule has 1 saturated heterocycles. The van der Waals surface area contributed by atoms with Crippen LogP contribution in [0.5, 0.6) is 0 Å². The van der Waals surface area contributed by atoms with Crippen molar-refractivity contribution in [1.82, 2.24) is 9.88 Å². The molecule has 17 heavy (non-hydrogen) atoms. The maximum Gasteiger partial charge on any atom is 0.255 e. The van der Waals surface area contributed by atoms with Crippen molar-refractivity contribution in [1.29, 1.82) is 0 Å². The number of likely N-dealkylation sites (tertiary alicyclic amines) is 1. The fourth-order valence-electron chi connectivity index (χ4n) is 2.39. The van der Waals surface area contributed by atoms with Crippen molar-refractivity contribution in [2.45, 2.75) is 12.8 Å². The van der Waals surface area contributed by atoms with Crippen LogP contribution in [0.25, 0.3) is 10.9 Å². The van der Waals surface area contributed by atoms with Crippen LogP contribution in [-0.4, -0.2) is 28.9 Å². The van der Waals surface area contributed by atoms with E-state index < -0.39 is 0 Å². The van der Waals surface area contributed by atoms with Crippen molar-refractivity contribution < 1.29 is 4.79 Å². The van der Waals surface area contributed by atoms with Gasteiger partial charge < -0.3 is 9.88 Å². The van der Waals surface area contributed by atoms with Gasteiger partial charge in [-0.1, -0.05) is 12.1 Å². The zero-order valence-corrected chi connectivity index (χ0v) is 11.0. The van der Waals surface area contributed by atoms with Crippen LogP contribution in [0.3, 0.4) is 0 Å². The van der Waals surface area contributed by atoms with Crippen molar-refractivity contribution >= 4 is 32.7 Å².